The molecule has 2 rings (SSSR count). The monoisotopic (exact) mass is 290 g/mol. The predicted octanol–water partition coefficient (Wildman–Crippen LogP) is -0.0468. The Kier molecular flexibility index (Phi) is 4.81. The molecule has 0 spiro atoms. The van der Waals surface area contributed by atoms with E-state index in [4.69, 9.17) is 4.74 Å². The summed E-state index contributed by atoms with van der Waals surface area (Å²) in [5, 5.41) is 0. The van der Waals surface area contributed by atoms with Gasteiger partial charge in [-0.25, -0.2) is 13.1 Å². The Bertz CT molecular complexity index is 417. The standard InChI is InChI=1S/C12H22N2O4S/c1-19(16,17)13-8-10-4-2-6-14(9-10)12(15)11-5-3-7-18-11/h10-11,13H,2-9H2,1H3. The summed E-state index contributed by atoms with van der Waals surface area (Å²) < 4.78 is 30.1. The Morgan fingerprint density at radius 3 is 2.79 bits per heavy atom. The Morgan fingerprint density at radius 1 is 1.37 bits per heavy atom. The predicted molar refractivity (Wildman–Crippen MR) is 71.1 cm³/mol. The highest BCUT2D eigenvalue weighted by atomic mass is 32.2. The fraction of sp³-hybridized carbons (Fsp3) is 0.917. The number of piperidine rings is 1. The van der Waals surface area contributed by atoms with Crippen molar-refractivity contribution in [2.75, 3.05) is 32.5 Å². The smallest absolute Gasteiger partial charge is 0.251 e. The number of hydrogen-bond acceptors (Lipinski definition) is 4. The third-order valence-corrected chi connectivity index (χ3v) is 4.36. The Morgan fingerprint density at radius 2 is 2.16 bits per heavy atom. The quantitative estimate of drug-likeness (QED) is 0.788. The van der Waals surface area contributed by atoms with E-state index < -0.39 is 10.0 Å². The van der Waals surface area contributed by atoms with Crippen LogP contribution in [0, 0.1) is 5.92 Å². The van der Waals surface area contributed by atoms with Crippen LogP contribution in [-0.2, 0) is 19.6 Å². The number of carbonyl (C=O) groups is 1. The minimum atomic E-state index is -3.16. The number of rotatable bonds is 4. The third kappa shape index (κ3) is 4.43. The molecule has 110 valence electrons. The number of carbonyl (C=O) groups excluding carboxylic acids is 1. The normalized spacial score (nSPS) is 28.6. The average Bonchev–Trinajstić information content (AvgIpc) is 2.89. The third-order valence-electron chi connectivity index (χ3n) is 3.67. The van der Waals surface area contributed by atoms with Crippen molar-refractivity contribution < 1.29 is 17.9 Å². The van der Waals surface area contributed by atoms with E-state index >= 15 is 0 Å². The van der Waals surface area contributed by atoms with Crippen molar-refractivity contribution in [2.45, 2.75) is 31.8 Å². The zero-order valence-corrected chi connectivity index (χ0v) is 12.1. The van der Waals surface area contributed by atoms with Gasteiger partial charge in [0.2, 0.25) is 10.0 Å². The highest BCUT2D eigenvalue weighted by Crippen LogP contribution is 2.20. The van der Waals surface area contributed by atoms with E-state index in [-0.39, 0.29) is 17.9 Å². The van der Waals surface area contributed by atoms with Crippen LogP contribution < -0.4 is 4.72 Å². The van der Waals surface area contributed by atoms with Crippen molar-refractivity contribution >= 4 is 15.9 Å². The summed E-state index contributed by atoms with van der Waals surface area (Å²) in [6.45, 7) is 2.47. The highest BCUT2D eigenvalue weighted by molar-refractivity contribution is 7.88. The molecule has 6 nitrogen and oxygen atoms in total. The first kappa shape index (κ1) is 14.7. The van der Waals surface area contributed by atoms with Crippen LogP contribution in [0.3, 0.4) is 0 Å². The van der Waals surface area contributed by atoms with Crippen molar-refractivity contribution in [1.82, 2.24) is 9.62 Å². The molecule has 2 aliphatic rings. The van der Waals surface area contributed by atoms with Crippen LogP contribution in [0.15, 0.2) is 0 Å². The van der Waals surface area contributed by atoms with Gasteiger partial charge >= 0.3 is 0 Å². The van der Waals surface area contributed by atoms with E-state index in [9.17, 15) is 13.2 Å². The number of likely N-dealkylation sites (tertiary alicyclic amines) is 1. The summed E-state index contributed by atoms with van der Waals surface area (Å²) in [5.74, 6) is 0.274. The lowest BCUT2D eigenvalue weighted by atomic mass is 9.98. The summed E-state index contributed by atoms with van der Waals surface area (Å²) in [5.41, 5.74) is 0. The molecule has 2 saturated heterocycles. The number of ether oxygens (including phenoxy) is 1. The van der Waals surface area contributed by atoms with E-state index in [1.54, 1.807) is 0 Å². The van der Waals surface area contributed by atoms with E-state index in [0.29, 0.717) is 19.7 Å². The van der Waals surface area contributed by atoms with Gasteiger partial charge in [-0.1, -0.05) is 0 Å². The summed E-state index contributed by atoms with van der Waals surface area (Å²) in [4.78, 5) is 14.0. The molecule has 2 aliphatic heterocycles. The Balaban J connectivity index is 1.84. The van der Waals surface area contributed by atoms with Gasteiger partial charge in [0, 0.05) is 26.2 Å². The molecule has 7 heteroatoms. The maximum absolute atomic E-state index is 12.2. The molecule has 0 aromatic carbocycles. The lowest BCUT2D eigenvalue weighted by Gasteiger charge is -2.34. The van der Waals surface area contributed by atoms with Gasteiger partial charge in [0.1, 0.15) is 6.10 Å². The minimum absolute atomic E-state index is 0.0709. The van der Waals surface area contributed by atoms with Gasteiger partial charge in [0.25, 0.3) is 5.91 Å². The maximum Gasteiger partial charge on any atom is 0.251 e. The number of nitrogens with one attached hydrogen (secondary N) is 1. The molecule has 19 heavy (non-hydrogen) atoms. The first-order chi connectivity index (χ1) is 8.96. The fourth-order valence-corrected chi connectivity index (χ4v) is 3.22. The van der Waals surface area contributed by atoms with E-state index in [1.807, 2.05) is 4.90 Å². The number of nitrogens with zero attached hydrogens (tertiary/aromatic N) is 1. The number of hydrogen-bond donors (Lipinski definition) is 1. The Labute approximate surface area is 114 Å². The average molecular weight is 290 g/mol. The summed E-state index contributed by atoms with van der Waals surface area (Å²) in [6.07, 6.45) is 4.52. The molecule has 0 aliphatic carbocycles. The number of sulfonamides is 1. The molecule has 0 bridgehead atoms. The SMILES string of the molecule is CS(=O)(=O)NCC1CCCN(C(=O)C2CCCO2)C1. The second kappa shape index (κ2) is 6.19. The van der Waals surface area contributed by atoms with Crippen LogP contribution in [0.1, 0.15) is 25.7 Å². The van der Waals surface area contributed by atoms with Crippen molar-refractivity contribution in [2.24, 2.45) is 5.92 Å². The second-order valence-corrected chi connectivity index (χ2v) is 7.25. The lowest BCUT2D eigenvalue weighted by molar-refractivity contribution is -0.142. The molecular formula is C12H22N2O4S. The van der Waals surface area contributed by atoms with Crippen LogP contribution in [0.5, 0.6) is 0 Å². The van der Waals surface area contributed by atoms with Crippen molar-refractivity contribution in [3.05, 3.63) is 0 Å². The van der Waals surface area contributed by atoms with E-state index in [1.165, 1.54) is 0 Å². The van der Waals surface area contributed by atoms with Crippen LogP contribution in [0.4, 0.5) is 0 Å². The fourth-order valence-electron chi connectivity index (χ4n) is 2.68. The van der Waals surface area contributed by atoms with Crippen LogP contribution in [0.25, 0.3) is 0 Å². The molecule has 2 atom stereocenters. The van der Waals surface area contributed by atoms with Gasteiger partial charge in [0.05, 0.1) is 6.26 Å². The zero-order valence-electron chi connectivity index (χ0n) is 11.3. The second-order valence-electron chi connectivity index (χ2n) is 5.41. The highest BCUT2D eigenvalue weighted by Gasteiger charge is 2.31. The summed E-state index contributed by atoms with van der Waals surface area (Å²) >= 11 is 0. The van der Waals surface area contributed by atoms with E-state index in [2.05, 4.69) is 4.72 Å². The molecule has 2 heterocycles. The lowest BCUT2D eigenvalue weighted by Crippen LogP contribution is -2.47. The van der Waals surface area contributed by atoms with Crippen LogP contribution in [0.2, 0.25) is 0 Å². The molecule has 2 fully saturated rings. The first-order valence-corrected chi connectivity index (χ1v) is 8.70. The molecule has 0 aromatic rings. The first-order valence-electron chi connectivity index (χ1n) is 6.81. The van der Waals surface area contributed by atoms with Gasteiger partial charge in [-0.3, -0.25) is 4.79 Å². The van der Waals surface area contributed by atoms with Crippen molar-refractivity contribution in [1.29, 1.82) is 0 Å². The van der Waals surface area contributed by atoms with E-state index in [0.717, 1.165) is 38.5 Å². The van der Waals surface area contributed by atoms with Gasteiger partial charge in [-0.15, -0.1) is 0 Å². The number of amides is 1. The van der Waals surface area contributed by atoms with Crippen molar-refractivity contribution in [3.63, 3.8) is 0 Å². The molecule has 0 radical (unpaired) electrons. The van der Waals surface area contributed by atoms with Gasteiger partial charge < -0.3 is 9.64 Å². The zero-order chi connectivity index (χ0) is 13.9. The molecule has 0 aromatic heterocycles. The molecule has 1 amide bonds. The molecule has 2 unspecified atom stereocenters. The Hall–Kier alpha value is -0.660. The van der Waals surface area contributed by atoms with Crippen LogP contribution in [-0.4, -0.2) is 57.8 Å². The largest absolute Gasteiger partial charge is 0.368 e. The van der Waals surface area contributed by atoms with Crippen LogP contribution >= 0.6 is 0 Å². The maximum atomic E-state index is 12.2. The topological polar surface area (TPSA) is 75.7 Å². The summed E-state index contributed by atoms with van der Waals surface area (Å²) in [7, 11) is -3.16. The van der Waals surface area contributed by atoms with Gasteiger partial charge in [0.15, 0.2) is 0 Å². The molecule has 1 N–H and O–H groups in total. The van der Waals surface area contributed by atoms with Crippen molar-refractivity contribution in [3.8, 4) is 0 Å². The van der Waals surface area contributed by atoms with Gasteiger partial charge in [-0.2, -0.15) is 0 Å². The molecular weight excluding hydrogens is 268 g/mol. The summed E-state index contributed by atoms with van der Waals surface area (Å²) in [6, 6.07) is 0. The molecule has 0 saturated carbocycles. The van der Waals surface area contributed by atoms with Gasteiger partial charge in [-0.05, 0) is 31.6 Å². The minimum Gasteiger partial charge on any atom is -0.368 e.